The van der Waals surface area contributed by atoms with E-state index in [2.05, 4.69) is 41.3 Å². The summed E-state index contributed by atoms with van der Waals surface area (Å²) >= 11 is 0. The normalized spacial score (nSPS) is 18.5. The molecule has 3 aromatic carbocycles. The molecule has 0 unspecified atom stereocenters. The Morgan fingerprint density at radius 2 is 1.42 bits per heavy atom. The minimum Gasteiger partial charge on any atom is -0.394 e. The molecule has 4 rings (SSSR count). The van der Waals surface area contributed by atoms with E-state index in [4.69, 9.17) is 4.99 Å². The fourth-order valence-corrected chi connectivity index (χ4v) is 3.57. The first-order valence-corrected chi connectivity index (χ1v) is 8.95. The molecule has 0 saturated heterocycles. The van der Waals surface area contributed by atoms with E-state index in [0.29, 0.717) is 6.54 Å². The molecule has 0 fully saturated rings. The Kier molecular flexibility index (Phi) is 4.91. The maximum Gasteiger partial charge on any atom is 0.129 e. The average molecular weight is 342 g/mol. The number of nitrogens with zero attached hydrogens (tertiary/aromatic N) is 2. The van der Waals surface area contributed by atoms with Gasteiger partial charge in [-0.05, 0) is 16.7 Å². The van der Waals surface area contributed by atoms with Crippen molar-refractivity contribution >= 4 is 5.71 Å². The van der Waals surface area contributed by atoms with E-state index in [0.717, 1.165) is 22.4 Å². The fraction of sp³-hybridized carbons (Fsp3) is 0.174. The molecule has 3 heteroatoms. The zero-order valence-corrected chi connectivity index (χ0v) is 14.6. The Bertz CT molecular complexity index is 862. The lowest BCUT2D eigenvalue weighted by Gasteiger charge is -2.31. The van der Waals surface area contributed by atoms with Crippen molar-refractivity contribution in [3.05, 3.63) is 108 Å². The lowest BCUT2D eigenvalue weighted by molar-refractivity contribution is 0.111. The van der Waals surface area contributed by atoms with Gasteiger partial charge in [0.25, 0.3) is 0 Å². The first-order valence-electron chi connectivity index (χ1n) is 8.95. The van der Waals surface area contributed by atoms with Gasteiger partial charge in [-0.1, -0.05) is 91.0 Å². The topological polar surface area (TPSA) is 35.8 Å². The molecule has 3 nitrogen and oxygen atoms in total. The molecule has 1 heterocycles. The van der Waals surface area contributed by atoms with Gasteiger partial charge in [0.05, 0.1) is 18.4 Å². The molecule has 1 N–H and O–H groups in total. The maximum atomic E-state index is 10.2. The van der Waals surface area contributed by atoms with Crippen LogP contribution in [-0.4, -0.2) is 28.9 Å². The van der Waals surface area contributed by atoms with Gasteiger partial charge in [-0.15, -0.1) is 0 Å². The monoisotopic (exact) mass is 342 g/mol. The standard InChI is InChI=1S/C23H22N2O/c26-17-22(19-12-6-2-7-13-19)25-16-21(18-10-4-1-5-11-18)24-23(25)20-14-8-3-9-15-20/h1-15,22-23,26H,16-17H2/t22-,23+/m0/s1. The van der Waals surface area contributed by atoms with E-state index in [1.54, 1.807) is 0 Å². The van der Waals surface area contributed by atoms with Crippen LogP contribution < -0.4 is 0 Å². The van der Waals surface area contributed by atoms with E-state index >= 15 is 0 Å². The molecule has 1 aliphatic rings. The summed E-state index contributed by atoms with van der Waals surface area (Å²) in [5.74, 6) is 0. The number of rotatable bonds is 5. The number of aliphatic imine (C=N–C) groups is 1. The van der Waals surface area contributed by atoms with Gasteiger partial charge in [-0.3, -0.25) is 9.89 Å². The van der Waals surface area contributed by atoms with Crippen molar-refractivity contribution in [2.75, 3.05) is 13.2 Å². The van der Waals surface area contributed by atoms with Crippen LogP contribution in [0.3, 0.4) is 0 Å². The molecule has 0 aliphatic carbocycles. The second-order valence-electron chi connectivity index (χ2n) is 6.51. The third kappa shape index (κ3) is 3.32. The molecule has 0 amide bonds. The van der Waals surface area contributed by atoms with Gasteiger partial charge < -0.3 is 5.11 Å². The maximum absolute atomic E-state index is 10.2. The Morgan fingerprint density at radius 1 is 0.846 bits per heavy atom. The van der Waals surface area contributed by atoms with Crippen LogP contribution in [0, 0.1) is 0 Å². The average Bonchev–Trinajstić information content (AvgIpc) is 3.16. The summed E-state index contributed by atoms with van der Waals surface area (Å²) in [6, 6.07) is 30.7. The summed E-state index contributed by atoms with van der Waals surface area (Å²) in [5, 5.41) is 10.2. The van der Waals surface area contributed by atoms with Crippen LogP contribution in [0.2, 0.25) is 0 Å². The van der Waals surface area contributed by atoms with Crippen molar-refractivity contribution in [1.82, 2.24) is 4.90 Å². The highest BCUT2D eigenvalue weighted by molar-refractivity contribution is 6.03. The molecule has 1 aliphatic heterocycles. The molecule has 0 spiro atoms. The summed E-state index contributed by atoms with van der Waals surface area (Å²) in [4.78, 5) is 7.32. The largest absolute Gasteiger partial charge is 0.394 e. The quantitative estimate of drug-likeness (QED) is 0.753. The molecule has 0 aromatic heterocycles. The summed E-state index contributed by atoms with van der Waals surface area (Å²) < 4.78 is 0. The fourth-order valence-electron chi connectivity index (χ4n) is 3.57. The molecule has 3 aromatic rings. The summed E-state index contributed by atoms with van der Waals surface area (Å²) in [6.07, 6.45) is -0.0937. The first kappa shape index (κ1) is 16.7. The molecule has 26 heavy (non-hydrogen) atoms. The van der Waals surface area contributed by atoms with Crippen LogP contribution in [0.15, 0.2) is 96.0 Å². The van der Waals surface area contributed by atoms with Crippen molar-refractivity contribution in [2.45, 2.75) is 12.2 Å². The van der Waals surface area contributed by atoms with E-state index in [-0.39, 0.29) is 18.8 Å². The van der Waals surface area contributed by atoms with Gasteiger partial charge in [0.15, 0.2) is 0 Å². The Labute approximate surface area is 154 Å². The highest BCUT2D eigenvalue weighted by atomic mass is 16.3. The van der Waals surface area contributed by atoms with Gasteiger partial charge in [-0.2, -0.15) is 0 Å². The van der Waals surface area contributed by atoms with Gasteiger partial charge in [-0.25, -0.2) is 0 Å². The molecule has 2 atom stereocenters. The predicted octanol–water partition coefficient (Wildman–Crippen LogP) is 4.22. The van der Waals surface area contributed by atoms with Gasteiger partial charge >= 0.3 is 0 Å². The first-order chi connectivity index (χ1) is 12.9. The number of aliphatic hydroxyl groups is 1. The molecule has 0 saturated carbocycles. The van der Waals surface area contributed by atoms with Gasteiger partial charge in [0, 0.05) is 6.54 Å². The van der Waals surface area contributed by atoms with Crippen LogP contribution in [0.5, 0.6) is 0 Å². The smallest absolute Gasteiger partial charge is 0.129 e. The molecule has 0 bridgehead atoms. The van der Waals surface area contributed by atoms with E-state index < -0.39 is 0 Å². The number of hydrogen-bond acceptors (Lipinski definition) is 3. The van der Waals surface area contributed by atoms with E-state index in [1.165, 1.54) is 0 Å². The van der Waals surface area contributed by atoms with Gasteiger partial charge in [0.1, 0.15) is 6.17 Å². The Hall–Kier alpha value is -2.75. The SMILES string of the molecule is OC[C@@H](c1ccccc1)N1CC(c2ccccc2)=N[C@H]1c1ccccc1. The second-order valence-corrected chi connectivity index (χ2v) is 6.51. The van der Waals surface area contributed by atoms with Crippen LogP contribution in [0.4, 0.5) is 0 Å². The van der Waals surface area contributed by atoms with E-state index in [9.17, 15) is 5.11 Å². The molecular formula is C23H22N2O. The summed E-state index contributed by atoms with van der Waals surface area (Å²) in [5.41, 5.74) is 4.46. The lowest BCUT2D eigenvalue weighted by Crippen LogP contribution is -2.33. The zero-order chi connectivity index (χ0) is 17.8. The van der Waals surface area contributed by atoms with Crippen molar-refractivity contribution < 1.29 is 5.11 Å². The third-order valence-corrected chi connectivity index (χ3v) is 4.89. The Balaban J connectivity index is 1.73. The molecule has 130 valence electrons. The molecular weight excluding hydrogens is 320 g/mol. The lowest BCUT2D eigenvalue weighted by atomic mass is 10.0. The second kappa shape index (κ2) is 7.65. The third-order valence-electron chi connectivity index (χ3n) is 4.89. The number of benzene rings is 3. The number of hydrogen-bond donors (Lipinski definition) is 1. The summed E-state index contributed by atoms with van der Waals surface area (Å²) in [6.45, 7) is 0.772. The number of aliphatic hydroxyl groups excluding tert-OH is 1. The minimum atomic E-state index is -0.0937. The van der Waals surface area contributed by atoms with Crippen molar-refractivity contribution in [2.24, 2.45) is 4.99 Å². The van der Waals surface area contributed by atoms with Gasteiger partial charge in [0.2, 0.25) is 0 Å². The van der Waals surface area contributed by atoms with Crippen LogP contribution in [0.25, 0.3) is 0 Å². The van der Waals surface area contributed by atoms with Crippen molar-refractivity contribution in [1.29, 1.82) is 0 Å². The predicted molar refractivity (Wildman–Crippen MR) is 105 cm³/mol. The van der Waals surface area contributed by atoms with E-state index in [1.807, 2.05) is 54.6 Å². The van der Waals surface area contributed by atoms with Crippen LogP contribution in [0.1, 0.15) is 28.9 Å². The van der Waals surface area contributed by atoms with Crippen molar-refractivity contribution in [3.8, 4) is 0 Å². The molecule has 0 radical (unpaired) electrons. The summed E-state index contributed by atoms with van der Waals surface area (Å²) in [7, 11) is 0. The highest BCUT2D eigenvalue weighted by Gasteiger charge is 2.34. The minimum absolute atomic E-state index is 0.0605. The van der Waals surface area contributed by atoms with Crippen LogP contribution >= 0.6 is 0 Å². The zero-order valence-electron chi connectivity index (χ0n) is 14.6. The Morgan fingerprint density at radius 3 is 2.04 bits per heavy atom. The van der Waals surface area contributed by atoms with Crippen LogP contribution in [-0.2, 0) is 0 Å². The van der Waals surface area contributed by atoms with Crippen molar-refractivity contribution in [3.63, 3.8) is 0 Å². The highest BCUT2D eigenvalue weighted by Crippen LogP contribution is 2.36.